The third kappa shape index (κ3) is 4.45. The molecule has 0 radical (unpaired) electrons. The number of carbonyl (C=O) groups excluding carboxylic acids is 1. The fraction of sp³-hybridized carbons (Fsp3) is 0.480. The Morgan fingerprint density at radius 2 is 1.90 bits per heavy atom. The number of nitrogens with zero attached hydrogens (tertiary/aromatic N) is 4. The number of benzene rings is 1. The Bertz CT molecular complexity index is 1040. The number of thiophene rings is 1. The van der Waals surface area contributed by atoms with Crippen LogP contribution in [0.15, 0.2) is 36.7 Å². The van der Waals surface area contributed by atoms with Crippen molar-refractivity contribution in [2.75, 3.05) is 18.0 Å². The zero-order valence-electron chi connectivity index (χ0n) is 19.0. The van der Waals surface area contributed by atoms with Crippen LogP contribution in [0.2, 0.25) is 0 Å². The second kappa shape index (κ2) is 9.35. The topological polar surface area (TPSA) is 49.3 Å². The number of anilines is 1. The number of hydrogen-bond donors (Lipinski definition) is 0. The van der Waals surface area contributed by atoms with Gasteiger partial charge in [0.05, 0.1) is 5.39 Å². The van der Waals surface area contributed by atoms with Gasteiger partial charge in [-0.25, -0.2) is 9.97 Å². The van der Waals surface area contributed by atoms with Crippen LogP contribution in [0, 0.1) is 19.8 Å². The molecular formula is C25H32N4OS. The number of rotatable bonds is 6. The van der Waals surface area contributed by atoms with E-state index in [1.165, 1.54) is 21.4 Å². The Labute approximate surface area is 189 Å². The first-order chi connectivity index (χ1) is 15.0. The first kappa shape index (κ1) is 21.8. The normalized spacial score (nSPS) is 15.9. The molecule has 1 saturated heterocycles. The molecular weight excluding hydrogens is 404 g/mol. The van der Waals surface area contributed by atoms with E-state index in [0.29, 0.717) is 12.5 Å². The zero-order valence-corrected chi connectivity index (χ0v) is 19.8. The average Bonchev–Trinajstić information content (AvgIpc) is 3.11. The van der Waals surface area contributed by atoms with Crippen LogP contribution in [0.25, 0.3) is 10.2 Å². The van der Waals surface area contributed by atoms with E-state index < -0.39 is 0 Å². The molecule has 1 aliphatic heterocycles. The van der Waals surface area contributed by atoms with E-state index in [0.717, 1.165) is 43.0 Å². The predicted octanol–water partition coefficient (Wildman–Crippen LogP) is 5.35. The standard InChI is InChI=1S/C25H32N4OS/c1-5-17(2)29(15-20-9-7-6-8-10-20)25(30)21-11-13-28(14-12-21)23-22-18(3)19(4)31-24(22)27-16-26-23/h6-10,16-17,21H,5,11-15H2,1-4H3. The Morgan fingerprint density at radius 3 is 2.58 bits per heavy atom. The van der Waals surface area contributed by atoms with Crippen molar-refractivity contribution >= 4 is 33.3 Å². The summed E-state index contributed by atoms with van der Waals surface area (Å²) in [6.45, 7) is 11.0. The van der Waals surface area contributed by atoms with E-state index >= 15 is 0 Å². The summed E-state index contributed by atoms with van der Waals surface area (Å²) >= 11 is 1.73. The van der Waals surface area contributed by atoms with Gasteiger partial charge in [0.25, 0.3) is 0 Å². The summed E-state index contributed by atoms with van der Waals surface area (Å²) in [5.41, 5.74) is 2.47. The Kier molecular flexibility index (Phi) is 6.56. The molecule has 0 aliphatic carbocycles. The van der Waals surface area contributed by atoms with E-state index in [2.05, 4.69) is 59.6 Å². The number of aryl methyl sites for hydroxylation is 2. The van der Waals surface area contributed by atoms with Gasteiger partial charge < -0.3 is 9.80 Å². The quantitative estimate of drug-likeness (QED) is 0.522. The van der Waals surface area contributed by atoms with Crippen LogP contribution in [0.3, 0.4) is 0 Å². The Balaban J connectivity index is 1.48. The SMILES string of the molecule is CCC(C)N(Cc1ccccc1)C(=O)C1CCN(c2ncnc3sc(C)c(C)c23)CC1. The second-order valence-electron chi connectivity index (χ2n) is 8.63. The zero-order chi connectivity index (χ0) is 22.0. The van der Waals surface area contributed by atoms with Crippen LogP contribution < -0.4 is 4.90 Å². The largest absolute Gasteiger partial charge is 0.356 e. The summed E-state index contributed by atoms with van der Waals surface area (Å²) in [5, 5.41) is 1.18. The van der Waals surface area contributed by atoms with Gasteiger partial charge in [0.2, 0.25) is 5.91 Å². The number of piperidine rings is 1. The molecule has 4 rings (SSSR count). The van der Waals surface area contributed by atoms with Gasteiger partial charge in [0.15, 0.2) is 0 Å². The van der Waals surface area contributed by atoms with Crippen LogP contribution in [-0.2, 0) is 11.3 Å². The smallest absolute Gasteiger partial charge is 0.226 e. The van der Waals surface area contributed by atoms with Crippen molar-refractivity contribution in [1.82, 2.24) is 14.9 Å². The first-order valence-corrected chi connectivity index (χ1v) is 12.1. The van der Waals surface area contributed by atoms with Gasteiger partial charge in [-0.1, -0.05) is 37.3 Å². The maximum Gasteiger partial charge on any atom is 0.226 e. The Morgan fingerprint density at radius 1 is 1.19 bits per heavy atom. The van der Waals surface area contributed by atoms with E-state index in [4.69, 9.17) is 0 Å². The van der Waals surface area contributed by atoms with Crippen molar-refractivity contribution in [3.8, 4) is 0 Å². The van der Waals surface area contributed by atoms with E-state index in [1.54, 1.807) is 17.7 Å². The Hall–Kier alpha value is -2.47. The maximum atomic E-state index is 13.5. The number of amides is 1. The van der Waals surface area contributed by atoms with Gasteiger partial charge in [-0.2, -0.15) is 0 Å². The highest BCUT2D eigenvalue weighted by Crippen LogP contribution is 2.36. The maximum absolute atomic E-state index is 13.5. The van der Waals surface area contributed by atoms with Gasteiger partial charge in [0.1, 0.15) is 17.0 Å². The molecule has 0 saturated carbocycles. The molecule has 5 nitrogen and oxygen atoms in total. The van der Waals surface area contributed by atoms with Crippen molar-refractivity contribution in [2.45, 2.75) is 59.5 Å². The minimum absolute atomic E-state index is 0.0802. The van der Waals surface area contributed by atoms with Crippen LogP contribution in [0.4, 0.5) is 5.82 Å². The third-order valence-corrected chi connectivity index (χ3v) is 7.81. The highest BCUT2D eigenvalue weighted by molar-refractivity contribution is 7.18. The molecule has 1 aliphatic rings. The molecule has 6 heteroatoms. The van der Waals surface area contributed by atoms with E-state index in [-0.39, 0.29) is 12.0 Å². The molecule has 1 unspecified atom stereocenters. The summed E-state index contributed by atoms with van der Waals surface area (Å²) in [6, 6.07) is 10.6. The van der Waals surface area contributed by atoms with Crippen molar-refractivity contribution in [1.29, 1.82) is 0 Å². The lowest BCUT2D eigenvalue weighted by Gasteiger charge is -2.37. The van der Waals surface area contributed by atoms with E-state index in [9.17, 15) is 4.79 Å². The fourth-order valence-corrected chi connectivity index (χ4v) is 5.42. The number of aromatic nitrogens is 2. The van der Waals surface area contributed by atoms with Gasteiger partial charge in [-0.15, -0.1) is 11.3 Å². The molecule has 1 aromatic carbocycles. The molecule has 3 heterocycles. The lowest BCUT2D eigenvalue weighted by molar-refractivity contribution is -0.139. The summed E-state index contributed by atoms with van der Waals surface area (Å²) < 4.78 is 0. The van der Waals surface area contributed by atoms with Crippen LogP contribution in [0.5, 0.6) is 0 Å². The van der Waals surface area contributed by atoms with Crippen molar-refractivity contribution in [3.05, 3.63) is 52.7 Å². The van der Waals surface area contributed by atoms with Crippen molar-refractivity contribution in [2.24, 2.45) is 5.92 Å². The number of hydrogen-bond acceptors (Lipinski definition) is 5. The lowest BCUT2D eigenvalue weighted by atomic mass is 9.94. The van der Waals surface area contributed by atoms with E-state index in [1.807, 2.05) is 18.2 Å². The fourth-order valence-electron chi connectivity index (χ4n) is 4.43. The number of fused-ring (bicyclic) bond motifs is 1. The van der Waals surface area contributed by atoms with Gasteiger partial charge in [-0.3, -0.25) is 4.79 Å². The van der Waals surface area contributed by atoms with Gasteiger partial charge >= 0.3 is 0 Å². The molecule has 0 N–H and O–H groups in total. The molecule has 0 spiro atoms. The van der Waals surface area contributed by atoms with Crippen molar-refractivity contribution < 1.29 is 4.79 Å². The first-order valence-electron chi connectivity index (χ1n) is 11.3. The molecule has 164 valence electrons. The molecule has 1 atom stereocenters. The molecule has 0 bridgehead atoms. The minimum atomic E-state index is 0.0802. The average molecular weight is 437 g/mol. The predicted molar refractivity (Wildman–Crippen MR) is 129 cm³/mol. The highest BCUT2D eigenvalue weighted by atomic mass is 32.1. The number of carbonyl (C=O) groups is 1. The van der Waals surface area contributed by atoms with Crippen LogP contribution in [0.1, 0.15) is 49.1 Å². The third-order valence-electron chi connectivity index (χ3n) is 6.69. The second-order valence-corrected chi connectivity index (χ2v) is 9.83. The summed E-state index contributed by atoms with van der Waals surface area (Å²) in [5.74, 6) is 1.41. The van der Waals surface area contributed by atoms with Gasteiger partial charge in [0, 0.05) is 36.5 Å². The minimum Gasteiger partial charge on any atom is -0.356 e. The molecule has 2 aromatic heterocycles. The highest BCUT2D eigenvalue weighted by Gasteiger charge is 2.31. The van der Waals surface area contributed by atoms with Gasteiger partial charge in [-0.05, 0) is 51.2 Å². The summed E-state index contributed by atoms with van der Waals surface area (Å²) in [6.07, 6.45) is 4.38. The molecule has 1 amide bonds. The molecule has 3 aromatic rings. The monoisotopic (exact) mass is 436 g/mol. The van der Waals surface area contributed by atoms with Crippen molar-refractivity contribution in [3.63, 3.8) is 0 Å². The van der Waals surface area contributed by atoms with Crippen LogP contribution in [-0.4, -0.2) is 39.9 Å². The summed E-state index contributed by atoms with van der Waals surface area (Å²) in [7, 11) is 0. The molecule has 31 heavy (non-hydrogen) atoms. The lowest BCUT2D eigenvalue weighted by Crippen LogP contribution is -2.45. The molecule has 1 fully saturated rings. The summed E-state index contributed by atoms with van der Waals surface area (Å²) in [4.78, 5) is 29.4. The van der Waals surface area contributed by atoms with Crippen LogP contribution >= 0.6 is 11.3 Å².